The van der Waals surface area contributed by atoms with Crippen molar-refractivity contribution in [1.29, 1.82) is 0 Å². The van der Waals surface area contributed by atoms with Gasteiger partial charge in [0, 0.05) is 48.4 Å². The second kappa shape index (κ2) is 9.54. The highest BCUT2D eigenvalue weighted by Gasteiger charge is 2.32. The minimum atomic E-state index is -0.771. The van der Waals surface area contributed by atoms with Gasteiger partial charge in [-0.25, -0.2) is 4.98 Å². The van der Waals surface area contributed by atoms with Crippen LogP contribution in [0, 0.1) is 0 Å². The van der Waals surface area contributed by atoms with Crippen LogP contribution in [0.3, 0.4) is 0 Å². The molecule has 0 bridgehead atoms. The van der Waals surface area contributed by atoms with Gasteiger partial charge in [-0.05, 0) is 31.0 Å². The van der Waals surface area contributed by atoms with Gasteiger partial charge in [-0.15, -0.1) is 0 Å². The second-order valence-electron chi connectivity index (χ2n) is 9.27. The Morgan fingerprint density at radius 1 is 0.943 bits per heavy atom. The zero-order valence-electron chi connectivity index (χ0n) is 20.4. The van der Waals surface area contributed by atoms with Crippen LogP contribution in [0.2, 0.25) is 0 Å². The van der Waals surface area contributed by atoms with E-state index in [1.165, 1.54) is 0 Å². The molecule has 2 heterocycles. The number of methoxy groups -OCH3 is 2. The molecule has 0 radical (unpaired) electrons. The van der Waals surface area contributed by atoms with E-state index >= 15 is 0 Å². The molecular weight excluding hydrogens is 442 g/mol. The molecule has 35 heavy (non-hydrogen) atoms. The molecule has 182 valence electrons. The zero-order valence-corrected chi connectivity index (χ0v) is 20.4. The highest BCUT2D eigenvalue weighted by molar-refractivity contribution is 5.82. The van der Waals surface area contributed by atoms with E-state index in [1.807, 2.05) is 49.6 Å². The molecule has 4 aromatic rings. The van der Waals surface area contributed by atoms with E-state index in [4.69, 9.17) is 14.5 Å². The topological polar surface area (TPSA) is 85.5 Å². The summed E-state index contributed by atoms with van der Waals surface area (Å²) in [4.78, 5) is 11.6. The molecule has 2 aromatic carbocycles. The summed E-state index contributed by atoms with van der Waals surface area (Å²) in [5, 5.41) is 15.7. The summed E-state index contributed by atoms with van der Waals surface area (Å²) in [6.07, 6.45) is 10.3. The first-order valence-electron chi connectivity index (χ1n) is 12.0. The largest absolute Gasteiger partial charge is 0.497 e. The number of benzene rings is 2. The van der Waals surface area contributed by atoms with Crippen LogP contribution in [0.5, 0.6) is 11.5 Å². The molecular formula is C27H31N5O3. The van der Waals surface area contributed by atoms with Crippen LogP contribution in [-0.2, 0) is 7.05 Å². The van der Waals surface area contributed by atoms with Crippen molar-refractivity contribution >= 4 is 22.4 Å². The lowest BCUT2D eigenvalue weighted by Gasteiger charge is -2.38. The molecule has 1 fully saturated rings. The van der Waals surface area contributed by atoms with Crippen molar-refractivity contribution in [1.82, 2.24) is 19.7 Å². The predicted octanol–water partition coefficient (Wildman–Crippen LogP) is 4.88. The summed E-state index contributed by atoms with van der Waals surface area (Å²) < 4.78 is 12.8. The quantitative estimate of drug-likeness (QED) is 0.409. The Morgan fingerprint density at radius 2 is 1.69 bits per heavy atom. The molecule has 8 nitrogen and oxygen atoms in total. The summed E-state index contributed by atoms with van der Waals surface area (Å²) in [6.45, 7) is 0.463. The number of nitrogens with zero attached hydrogens (tertiary/aromatic N) is 5. The molecule has 1 aliphatic rings. The minimum Gasteiger partial charge on any atom is -0.497 e. The monoisotopic (exact) mass is 473 g/mol. The third-order valence-electron chi connectivity index (χ3n) is 6.72. The lowest BCUT2D eigenvalue weighted by Crippen LogP contribution is -2.42. The van der Waals surface area contributed by atoms with Crippen LogP contribution in [0.1, 0.15) is 32.1 Å². The zero-order chi connectivity index (χ0) is 24.4. The molecule has 0 saturated heterocycles. The van der Waals surface area contributed by atoms with Crippen LogP contribution in [0.15, 0.2) is 55.0 Å². The molecule has 1 saturated carbocycles. The summed E-state index contributed by atoms with van der Waals surface area (Å²) in [7, 11) is 5.17. The maximum absolute atomic E-state index is 11.5. The predicted molar refractivity (Wildman–Crippen MR) is 136 cm³/mol. The second-order valence-corrected chi connectivity index (χ2v) is 9.27. The molecule has 0 aliphatic heterocycles. The first-order chi connectivity index (χ1) is 17.0. The van der Waals surface area contributed by atoms with Crippen molar-refractivity contribution < 1.29 is 14.6 Å². The fourth-order valence-electron chi connectivity index (χ4n) is 4.80. The fourth-order valence-corrected chi connectivity index (χ4v) is 4.80. The highest BCUT2D eigenvalue weighted by Crippen LogP contribution is 2.38. The molecule has 5 rings (SSSR count). The van der Waals surface area contributed by atoms with E-state index in [9.17, 15) is 5.11 Å². The van der Waals surface area contributed by atoms with Gasteiger partial charge in [-0.3, -0.25) is 9.67 Å². The maximum Gasteiger partial charge on any atom is 0.124 e. The number of rotatable bonds is 7. The van der Waals surface area contributed by atoms with Crippen LogP contribution < -0.4 is 14.4 Å². The van der Waals surface area contributed by atoms with E-state index in [-0.39, 0.29) is 0 Å². The molecule has 2 aromatic heterocycles. The number of anilines is 2. The summed E-state index contributed by atoms with van der Waals surface area (Å²) in [6, 6.07) is 11.8. The van der Waals surface area contributed by atoms with Gasteiger partial charge in [0.25, 0.3) is 0 Å². The van der Waals surface area contributed by atoms with Gasteiger partial charge in [0.15, 0.2) is 0 Å². The van der Waals surface area contributed by atoms with Gasteiger partial charge in [-0.2, -0.15) is 5.10 Å². The van der Waals surface area contributed by atoms with E-state index in [0.29, 0.717) is 18.0 Å². The Morgan fingerprint density at radius 3 is 2.34 bits per heavy atom. The minimum absolute atomic E-state index is 0.463. The van der Waals surface area contributed by atoms with Crippen molar-refractivity contribution in [2.75, 3.05) is 25.7 Å². The van der Waals surface area contributed by atoms with Crippen LogP contribution in [0.4, 0.5) is 11.4 Å². The van der Waals surface area contributed by atoms with Gasteiger partial charge in [0.05, 0.1) is 55.5 Å². The SMILES string of the molecule is COc1cc(OC)cc(N(CC2(O)CCCCC2)c2ccc3ncc(-c4cnn(C)c4)nc3c2)c1. The average Bonchev–Trinajstić information content (AvgIpc) is 3.33. The first kappa shape index (κ1) is 23.1. The Hall–Kier alpha value is -3.65. The molecule has 1 aliphatic carbocycles. The van der Waals surface area contributed by atoms with Crippen molar-refractivity contribution in [3.63, 3.8) is 0 Å². The highest BCUT2D eigenvalue weighted by atomic mass is 16.5. The molecule has 0 amide bonds. The number of hydrogen-bond acceptors (Lipinski definition) is 7. The number of hydrogen-bond donors (Lipinski definition) is 1. The van der Waals surface area contributed by atoms with E-state index < -0.39 is 5.60 Å². The summed E-state index contributed by atoms with van der Waals surface area (Å²) in [5.74, 6) is 1.39. The molecule has 0 spiro atoms. The summed E-state index contributed by atoms with van der Waals surface area (Å²) in [5.41, 5.74) is 4.30. The number of aliphatic hydroxyl groups is 1. The van der Waals surface area contributed by atoms with Crippen molar-refractivity contribution in [2.24, 2.45) is 7.05 Å². The molecule has 0 unspecified atom stereocenters. The third-order valence-corrected chi connectivity index (χ3v) is 6.72. The third kappa shape index (κ3) is 4.93. The van der Waals surface area contributed by atoms with Crippen molar-refractivity contribution in [3.05, 3.63) is 55.0 Å². The standard InChI is InChI=1S/C27H31N5O3/c1-31-17-19(15-29-31)26-16-28-24-8-7-20(13-25(24)30-26)32(18-27(33)9-5-4-6-10-27)21-11-22(34-2)14-23(12-21)35-3/h7-8,11-17,33H,4-6,9-10,18H2,1-3H3. The summed E-state index contributed by atoms with van der Waals surface area (Å²) >= 11 is 0. The van der Waals surface area contributed by atoms with E-state index in [2.05, 4.69) is 15.0 Å². The van der Waals surface area contributed by atoms with Gasteiger partial charge in [-0.1, -0.05) is 19.3 Å². The Bertz CT molecular complexity index is 1310. The van der Waals surface area contributed by atoms with Crippen LogP contribution in [0.25, 0.3) is 22.3 Å². The van der Waals surface area contributed by atoms with Gasteiger partial charge in [0.2, 0.25) is 0 Å². The first-order valence-corrected chi connectivity index (χ1v) is 12.0. The van der Waals surface area contributed by atoms with Crippen LogP contribution >= 0.6 is 0 Å². The number of aromatic nitrogens is 4. The van der Waals surface area contributed by atoms with Gasteiger partial charge < -0.3 is 19.5 Å². The number of aryl methyl sites for hydroxylation is 1. The van der Waals surface area contributed by atoms with Crippen molar-refractivity contribution in [3.8, 4) is 22.8 Å². The fraction of sp³-hybridized carbons (Fsp3) is 0.370. The van der Waals surface area contributed by atoms with Gasteiger partial charge >= 0.3 is 0 Å². The molecule has 8 heteroatoms. The maximum atomic E-state index is 11.5. The normalized spacial score (nSPS) is 15.2. The Kier molecular flexibility index (Phi) is 6.30. The van der Waals surface area contributed by atoms with Crippen LogP contribution in [-0.4, -0.2) is 51.2 Å². The number of fused-ring (bicyclic) bond motifs is 1. The number of ether oxygens (including phenoxy) is 2. The van der Waals surface area contributed by atoms with E-state index in [1.54, 1.807) is 31.3 Å². The molecule has 1 N–H and O–H groups in total. The van der Waals surface area contributed by atoms with Gasteiger partial charge in [0.1, 0.15) is 11.5 Å². The smallest absolute Gasteiger partial charge is 0.124 e. The lowest BCUT2D eigenvalue weighted by atomic mass is 9.84. The Labute approximate surface area is 205 Å². The van der Waals surface area contributed by atoms with E-state index in [0.717, 1.165) is 65.8 Å². The molecule has 0 atom stereocenters. The van der Waals surface area contributed by atoms with Crippen molar-refractivity contribution in [2.45, 2.75) is 37.7 Å². The average molecular weight is 474 g/mol. The Balaban J connectivity index is 1.60. The lowest BCUT2D eigenvalue weighted by molar-refractivity contribution is 0.0129.